The van der Waals surface area contributed by atoms with Crippen LogP contribution in [0.1, 0.15) is 33.2 Å². The van der Waals surface area contributed by atoms with E-state index in [0.717, 1.165) is 17.0 Å². The predicted molar refractivity (Wildman–Crippen MR) is 78.0 cm³/mol. The number of rotatable bonds is 3. The second kappa shape index (κ2) is 4.90. The van der Waals surface area contributed by atoms with Gasteiger partial charge in [0, 0.05) is 17.3 Å². The van der Waals surface area contributed by atoms with Gasteiger partial charge in [-0.25, -0.2) is 9.78 Å². The molecule has 1 aromatic carbocycles. The SMILES string of the molecule is Cc1n[nH]c(C)c1/C=C/c1nc2c(C(=O)O)cccc2o1. The Labute approximate surface area is 120 Å². The number of carboxylic acids is 1. The van der Waals surface area contributed by atoms with Gasteiger partial charge in [0.25, 0.3) is 0 Å². The van der Waals surface area contributed by atoms with Gasteiger partial charge < -0.3 is 9.52 Å². The number of oxazole rings is 1. The molecule has 2 aromatic heterocycles. The van der Waals surface area contributed by atoms with E-state index >= 15 is 0 Å². The van der Waals surface area contributed by atoms with Gasteiger partial charge in [-0.3, -0.25) is 5.10 Å². The van der Waals surface area contributed by atoms with Crippen molar-refractivity contribution in [2.24, 2.45) is 0 Å². The number of nitrogens with zero attached hydrogens (tertiary/aromatic N) is 2. The molecular formula is C15H13N3O3. The summed E-state index contributed by atoms with van der Waals surface area (Å²) in [4.78, 5) is 15.4. The average Bonchev–Trinajstić information content (AvgIpc) is 3.00. The molecule has 3 rings (SSSR count). The fourth-order valence-electron chi connectivity index (χ4n) is 2.17. The quantitative estimate of drug-likeness (QED) is 0.770. The number of aromatic nitrogens is 3. The molecule has 2 heterocycles. The van der Waals surface area contributed by atoms with Gasteiger partial charge in [-0.1, -0.05) is 6.07 Å². The fourth-order valence-corrected chi connectivity index (χ4v) is 2.17. The molecular weight excluding hydrogens is 270 g/mol. The van der Waals surface area contributed by atoms with Crippen LogP contribution in [0, 0.1) is 13.8 Å². The first-order chi connectivity index (χ1) is 10.1. The number of aromatic carboxylic acids is 1. The van der Waals surface area contributed by atoms with E-state index in [2.05, 4.69) is 15.2 Å². The predicted octanol–water partition coefficient (Wildman–Crippen LogP) is 3.04. The smallest absolute Gasteiger partial charge is 0.338 e. The molecule has 6 heteroatoms. The first-order valence-electron chi connectivity index (χ1n) is 6.39. The third-order valence-corrected chi connectivity index (χ3v) is 3.24. The van der Waals surface area contributed by atoms with Gasteiger partial charge in [-0.15, -0.1) is 0 Å². The Hall–Kier alpha value is -2.89. The lowest BCUT2D eigenvalue weighted by atomic mass is 10.2. The molecule has 0 unspecified atom stereocenters. The van der Waals surface area contributed by atoms with Crippen molar-refractivity contribution >= 4 is 29.2 Å². The van der Waals surface area contributed by atoms with Crippen molar-refractivity contribution in [3.05, 3.63) is 46.6 Å². The van der Waals surface area contributed by atoms with E-state index in [1.165, 1.54) is 6.07 Å². The van der Waals surface area contributed by atoms with Crippen LogP contribution in [0.3, 0.4) is 0 Å². The van der Waals surface area contributed by atoms with Crippen molar-refractivity contribution in [1.82, 2.24) is 15.2 Å². The highest BCUT2D eigenvalue weighted by Gasteiger charge is 2.13. The molecule has 0 fully saturated rings. The molecule has 0 amide bonds. The Bertz CT molecular complexity index is 839. The maximum Gasteiger partial charge on any atom is 0.338 e. The van der Waals surface area contributed by atoms with E-state index < -0.39 is 5.97 Å². The number of hydrogen-bond acceptors (Lipinski definition) is 4. The highest BCUT2D eigenvalue weighted by atomic mass is 16.4. The van der Waals surface area contributed by atoms with Gasteiger partial charge in [0.15, 0.2) is 5.58 Å². The molecule has 106 valence electrons. The second-order valence-corrected chi connectivity index (χ2v) is 4.69. The minimum Gasteiger partial charge on any atom is -0.478 e. The van der Waals surface area contributed by atoms with Crippen LogP contribution in [-0.4, -0.2) is 26.3 Å². The van der Waals surface area contributed by atoms with Crippen molar-refractivity contribution in [2.75, 3.05) is 0 Å². The second-order valence-electron chi connectivity index (χ2n) is 4.69. The number of aromatic amines is 1. The molecule has 6 nitrogen and oxygen atoms in total. The minimum atomic E-state index is -1.02. The number of para-hydroxylation sites is 1. The molecule has 0 aliphatic heterocycles. The van der Waals surface area contributed by atoms with E-state index in [1.807, 2.05) is 19.9 Å². The lowest BCUT2D eigenvalue weighted by molar-refractivity contribution is 0.0699. The number of aryl methyl sites for hydroxylation is 2. The normalized spacial score (nSPS) is 11.5. The molecule has 0 spiro atoms. The van der Waals surface area contributed by atoms with Gasteiger partial charge >= 0.3 is 5.97 Å². The summed E-state index contributed by atoms with van der Waals surface area (Å²) in [6, 6.07) is 4.83. The van der Waals surface area contributed by atoms with Gasteiger partial charge in [-0.2, -0.15) is 5.10 Å². The first kappa shape index (κ1) is 13.1. The summed E-state index contributed by atoms with van der Waals surface area (Å²) in [6.07, 6.45) is 3.55. The topological polar surface area (TPSA) is 92.0 Å². The highest BCUT2D eigenvalue weighted by molar-refractivity contribution is 6.00. The molecule has 0 radical (unpaired) electrons. The van der Waals surface area contributed by atoms with Crippen LogP contribution in [0.4, 0.5) is 0 Å². The van der Waals surface area contributed by atoms with Crippen LogP contribution < -0.4 is 0 Å². The van der Waals surface area contributed by atoms with Crippen LogP contribution in [0.2, 0.25) is 0 Å². The van der Waals surface area contributed by atoms with E-state index in [0.29, 0.717) is 17.0 Å². The molecule has 0 saturated heterocycles. The molecule has 0 bridgehead atoms. The summed E-state index contributed by atoms with van der Waals surface area (Å²) in [5.74, 6) is -0.662. The Morgan fingerprint density at radius 3 is 2.81 bits per heavy atom. The van der Waals surface area contributed by atoms with Crippen LogP contribution in [-0.2, 0) is 0 Å². The number of nitrogens with one attached hydrogen (secondary N) is 1. The minimum absolute atomic E-state index is 0.131. The Balaban J connectivity index is 2.03. The number of hydrogen-bond donors (Lipinski definition) is 2. The third kappa shape index (κ3) is 2.31. The summed E-state index contributed by atoms with van der Waals surface area (Å²) in [5.41, 5.74) is 3.74. The molecule has 3 aromatic rings. The Morgan fingerprint density at radius 1 is 1.33 bits per heavy atom. The Morgan fingerprint density at radius 2 is 2.14 bits per heavy atom. The van der Waals surface area contributed by atoms with Crippen molar-refractivity contribution in [2.45, 2.75) is 13.8 Å². The summed E-state index contributed by atoms with van der Waals surface area (Å²) < 4.78 is 5.55. The fraction of sp³-hybridized carbons (Fsp3) is 0.133. The summed E-state index contributed by atoms with van der Waals surface area (Å²) >= 11 is 0. The molecule has 2 N–H and O–H groups in total. The molecule has 0 aliphatic rings. The zero-order chi connectivity index (χ0) is 15.0. The molecule has 21 heavy (non-hydrogen) atoms. The van der Waals surface area contributed by atoms with Gasteiger partial charge in [-0.05, 0) is 32.1 Å². The van der Waals surface area contributed by atoms with Crippen molar-refractivity contribution in [3.8, 4) is 0 Å². The maximum absolute atomic E-state index is 11.1. The highest BCUT2D eigenvalue weighted by Crippen LogP contribution is 2.21. The van der Waals surface area contributed by atoms with Crippen LogP contribution in [0.25, 0.3) is 23.3 Å². The maximum atomic E-state index is 11.1. The van der Waals surface area contributed by atoms with E-state index in [1.54, 1.807) is 18.2 Å². The number of H-pyrrole nitrogens is 1. The van der Waals surface area contributed by atoms with Gasteiger partial charge in [0.05, 0.1) is 11.3 Å². The Kier molecular flexibility index (Phi) is 3.06. The number of fused-ring (bicyclic) bond motifs is 1. The monoisotopic (exact) mass is 283 g/mol. The van der Waals surface area contributed by atoms with Crippen LogP contribution in [0.15, 0.2) is 22.6 Å². The van der Waals surface area contributed by atoms with Gasteiger partial charge in [0.1, 0.15) is 5.52 Å². The standard InChI is InChI=1S/C15H13N3O3/c1-8-10(9(2)18-17-8)6-7-13-16-14-11(15(19)20)4-3-5-12(14)21-13/h3-7H,1-2H3,(H,17,18)(H,19,20)/b7-6+. The number of carboxylic acid groups (broad SMARTS) is 1. The lowest BCUT2D eigenvalue weighted by Gasteiger charge is -1.92. The van der Waals surface area contributed by atoms with E-state index in [9.17, 15) is 4.79 Å². The molecule has 0 saturated carbocycles. The zero-order valence-corrected chi connectivity index (χ0v) is 11.5. The van der Waals surface area contributed by atoms with Crippen molar-refractivity contribution < 1.29 is 14.3 Å². The molecule has 0 atom stereocenters. The summed E-state index contributed by atoms with van der Waals surface area (Å²) in [5, 5.41) is 16.1. The van der Waals surface area contributed by atoms with Crippen molar-refractivity contribution in [1.29, 1.82) is 0 Å². The number of carbonyl (C=O) groups is 1. The van der Waals surface area contributed by atoms with Crippen LogP contribution in [0.5, 0.6) is 0 Å². The van der Waals surface area contributed by atoms with E-state index in [4.69, 9.17) is 9.52 Å². The van der Waals surface area contributed by atoms with Crippen molar-refractivity contribution in [3.63, 3.8) is 0 Å². The summed E-state index contributed by atoms with van der Waals surface area (Å²) in [7, 11) is 0. The molecule has 0 aliphatic carbocycles. The lowest BCUT2D eigenvalue weighted by Crippen LogP contribution is -1.96. The first-order valence-corrected chi connectivity index (χ1v) is 6.39. The largest absolute Gasteiger partial charge is 0.478 e. The average molecular weight is 283 g/mol. The number of benzene rings is 1. The third-order valence-electron chi connectivity index (χ3n) is 3.24. The summed E-state index contributed by atoms with van der Waals surface area (Å²) in [6.45, 7) is 3.83. The van der Waals surface area contributed by atoms with Crippen LogP contribution >= 0.6 is 0 Å². The zero-order valence-electron chi connectivity index (χ0n) is 11.5. The van der Waals surface area contributed by atoms with E-state index in [-0.39, 0.29) is 5.56 Å². The van der Waals surface area contributed by atoms with Gasteiger partial charge in [0.2, 0.25) is 5.89 Å².